The summed E-state index contributed by atoms with van der Waals surface area (Å²) in [6, 6.07) is 6.04. The monoisotopic (exact) mass is 319 g/mol. The van der Waals surface area contributed by atoms with Gasteiger partial charge in [-0.25, -0.2) is 0 Å². The van der Waals surface area contributed by atoms with Gasteiger partial charge in [-0.05, 0) is 38.1 Å². The Bertz CT molecular complexity index is 521. The summed E-state index contributed by atoms with van der Waals surface area (Å²) in [4.78, 5) is 17.1. The van der Waals surface area contributed by atoms with Gasteiger partial charge in [0.05, 0.1) is 12.8 Å². The Kier molecular flexibility index (Phi) is 6.28. The van der Waals surface area contributed by atoms with Gasteiger partial charge in [-0.2, -0.15) is 0 Å². The summed E-state index contributed by atoms with van der Waals surface area (Å²) in [6.07, 6.45) is 1.70. The van der Waals surface area contributed by atoms with E-state index < -0.39 is 0 Å². The van der Waals surface area contributed by atoms with Gasteiger partial charge < -0.3 is 19.9 Å². The molecule has 1 aromatic rings. The van der Waals surface area contributed by atoms with E-state index in [9.17, 15) is 4.79 Å². The number of hydrogen-bond acceptors (Lipinski definition) is 4. The Morgan fingerprint density at radius 1 is 1.22 bits per heavy atom. The number of amides is 1. The molecule has 0 spiro atoms. The molecule has 1 aromatic carbocycles. The molecule has 23 heavy (non-hydrogen) atoms. The fourth-order valence-corrected chi connectivity index (χ4v) is 2.95. The molecule has 0 aromatic heterocycles. The highest BCUT2D eigenvalue weighted by molar-refractivity contribution is 5.94. The van der Waals surface area contributed by atoms with Crippen LogP contribution in [0.5, 0.6) is 5.75 Å². The van der Waals surface area contributed by atoms with E-state index in [1.807, 2.05) is 26.0 Å². The maximum Gasteiger partial charge on any atom is 0.227 e. The number of methoxy groups -OCH3 is 1. The first-order valence-corrected chi connectivity index (χ1v) is 8.51. The highest BCUT2D eigenvalue weighted by Gasteiger charge is 2.19. The van der Waals surface area contributed by atoms with Crippen LogP contribution >= 0.6 is 0 Å². The fraction of sp³-hybridized carbons (Fsp3) is 0.611. The van der Waals surface area contributed by atoms with Crippen LogP contribution in [0.15, 0.2) is 18.2 Å². The SMILES string of the molecule is CCC(CC)C(=O)Nc1cc(N2CCN(C)CC2)ccc1OC. The van der Waals surface area contributed by atoms with Crippen molar-refractivity contribution >= 4 is 17.3 Å². The van der Waals surface area contributed by atoms with Crippen LogP contribution in [0.25, 0.3) is 0 Å². The minimum absolute atomic E-state index is 0.0481. The van der Waals surface area contributed by atoms with Gasteiger partial charge in [0.25, 0.3) is 0 Å². The number of hydrogen-bond donors (Lipinski definition) is 1. The van der Waals surface area contributed by atoms with Gasteiger partial charge in [-0.15, -0.1) is 0 Å². The predicted octanol–water partition coefficient (Wildman–Crippen LogP) is 2.82. The molecule has 5 heteroatoms. The van der Waals surface area contributed by atoms with Crippen LogP contribution in [0.1, 0.15) is 26.7 Å². The normalized spacial score (nSPS) is 15.8. The van der Waals surface area contributed by atoms with E-state index in [0.29, 0.717) is 5.75 Å². The van der Waals surface area contributed by atoms with Gasteiger partial charge in [0.2, 0.25) is 5.91 Å². The molecular weight excluding hydrogens is 290 g/mol. The number of benzene rings is 1. The lowest BCUT2D eigenvalue weighted by atomic mass is 10.0. The lowest BCUT2D eigenvalue weighted by Crippen LogP contribution is -2.44. The number of carbonyl (C=O) groups excluding carboxylic acids is 1. The molecule has 1 aliphatic heterocycles. The van der Waals surface area contributed by atoms with Crippen molar-refractivity contribution in [3.8, 4) is 5.75 Å². The summed E-state index contributed by atoms with van der Waals surface area (Å²) in [7, 11) is 3.78. The van der Waals surface area contributed by atoms with Crippen LogP contribution in [0.3, 0.4) is 0 Å². The molecule has 2 rings (SSSR count). The summed E-state index contributed by atoms with van der Waals surface area (Å²) in [6.45, 7) is 8.21. The second-order valence-corrected chi connectivity index (χ2v) is 6.18. The summed E-state index contributed by atoms with van der Waals surface area (Å²) in [5.41, 5.74) is 1.90. The number of ether oxygens (including phenoxy) is 1. The largest absolute Gasteiger partial charge is 0.495 e. The molecule has 1 heterocycles. The van der Waals surface area contributed by atoms with Gasteiger partial charge in [-0.3, -0.25) is 4.79 Å². The van der Waals surface area contributed by atoms with Gasteiger partial charge in [0.15, 0.2) is 0 Å². The average molecular weight is 319 g/mol. The molecule has 5 nitrogen and oxygen atoms in total. The zero-order valence-electron chi connectivity index (χ0n) is 14.8. The number of anilines is 2. The van der Waals surface area contributed by atoms with Crippen molar-refractivity contribution in [3.63, 3.8) is 0 Å². The number of rotatable bonds is 6. The Hall–Kier alpha value is -1.75. The molecule has 0 saturated carbocycles. The minimum atomic E-state index is 0.0481. The third kappa shape index (κ3) is 4.38. The predicted molar refractivity (Wildman–Crippen MR) is 95.4 cm³/mol. The van der Waals surface area contributed by atoms with Crippen molar-refractivity contribution in [2.24, 2.45) is 5.92 Å². The van der Waals surface area contributed by atoms with Crippen LogP contribution in [0.2, 0.25) is 0 Å². The third-order valence-corrected chi connectivity index (χ3v) is 4.67. The number of nitrogens with one attached hydrogen (secondary N) is 1. The van der Waals surface area contributed by atoms with Gasteiger partial charge in [0.1, 0.15) is 5.75 Å². The first-order chi connectivity index (χ1) is 11.1. The van der Waals surface area contributed by atoms with E-state index in [1.54, 1.807) is 7.11 Å². The molecular formula is C18H29N3O2. The average Bonchev–Trinajstić information content (AvgIpc) is 2.56. The first kappa shape index (κ1) is 17.6. The number of piperazine rings is 1. The summed E-state index contributed by atoms with van der Waals surface area (Å²) < 4.78 is 5.41. The lowest BCUT2D eigenvalue weighted by Gasteiger charge is -2.34. The van der Waals surface area contributed by atoms with Gasteiger partial charge in [0, 0.05) is 37.8 Å². The highest BCUT2D eigenvalue weighted by Crippen LogP contribution is 2.31. The summed E-state index contributed by atoms with van der Waals surface area (Å²) >= 11 is 0. The zero-order chi connectivity index (χ0) is 16.8. The number of nitrogens with zero attached hydrogens (tertiary/aromatic N) is 2. The smallest absolute Gasteiger partial charge is 0.227 e. The van der Waals surface area contributed by atoms with E-state index in [1.165, 1.54) is 0 Å². The molecule has 1 saturated heterocycles. The maximum absolute atomic E-state index is 12.4. The molecule has 1 fully saturated rings. The zero-order valence-corrected chi connectivity index (χ0v) is 14.8. The summed E-state index contributed by atoms with van der Waals surface area (Å²) in [5, 5.41) is 3.05. The second kappa shape index (κ2) is 8.20. The minimum Gasteiger partial charge on any atom is -0.495 e. The molecule has 1 amide bonds. The topological polar surface area (TPSA) is 44.8 Å². The highest BCUT2D eigenvalue weighted by atomic mass is 16.5. The summed E-state index contributed by atoms with van der Waals surface area (Å²) in [5.74, 6) is 0.831. The van der Waals surface area contributed by atoms with Crippen LogP contribution < -0.4 is 15.0 Å². The molecule has 1 N–H and O–H groups in total. The Balaban J connectivity index is 2.17. The molecule has 0 radical (unpaired) electrons. The van der Waals surface area contributed by atoms with Crippen LogP contribution in [-0.4, -0.2) is 51.1 Å². The van der Waals surface area contributed by atoms with Crippen molar-refractivity contribution < 1.29 is 9.53 Å². The number of carbonyl (C=O) groups is 1. The first-order valence-electron chi connectivity index (χ1n) is 8.51. The molecule has 0 atom stereocenters. The van der Waals surface area contributed by atoms with E-state index in [4.69, 9.17) is 4.74 Å². The van der Waals surface area contributed by atoms with Crippen molar-refractivity contribution in [2.75, 3.05) is 50.6 Å². The van der Waals surface area contributed by atoms with Crippen LogP contribution in [0, 0.1) is 5.92 Å². The molecule has 0 aliphatic carbocycles. The van der Waals surface area contributed by atoms with E-state index >= 15 is 0 Å². The molecule has 128 valence electrons. The third-order valence-electron chi connectivity index (χ3n) is 4.67. The fourth-order valence-electron chi connectivity index (χ4n) is 2.95. The van der Waals surface area contributed by atoms with Crippen LogP contribution in [-0.2, 0) is 4.79 Å². The Labute approximate surface area is 139 Å². The van der Waals surface area contributed by atoms with Crippen molar-refractivity contribution in [2.45, 2.75) is 26.7 Å². The molecule has 0 bridgehead atoms. The Morgan fingerprint density at radius 3 is 2.43 bits per heavy atom. The standard InChI is InChI=1S/C18H29N3O2/c1-5-14(6-2)18(22)19-16-13-15(7-8-17(16)23-4)21-11-9-20(3)10-12-21/h7-8,13-14H,5-6,9-12H2,1-4H3,(H,19,22). The second-order valence-electron chi connectivity index (χ2n) is 6.18. The quantitative estimate of drug-likeness (QED) is 0.876. The van der Waals surface area contributed by atoms with E-state index in [0.717, 1.165) is 50.4 Å². The van der Waals surface area contributed by atoms with Crippen molar-refractivity contribution in [1.29, 1.82) is 0 Å². The Morgan fingerprint density at radius 2 is 1.87 bits per heavy atom. The number of likely N-dealkylation sites (N-methyl/N-ethyl adjacent to an activating group) is 1. The van der Waals surface area contributed by atoms with Crippen molar-refractivity contribution in [3.05, 3.63) is 18.2 Å². The van der Waals surface area contributed by atoms with Gasteiger partial charge in [-0.1, -0.05) is 13.8 Å². The lowest BCUT2D eigenvalue weighted by molar-refractivity contribution is -0.120. The van der Waals surface area contributed by atoms with Crippen molar-refractivity contribution in [1.82, 2.24) is 4.90 Å². The van der Waals surface area contributed by atoms with Crippen LogP contribution in [0.4, 0.5) is 11.4 Å². The van der Waals surface area contributed by atoms with E-state index in [-0.39, 0.29) is 11.8 Å². The molecule has 1 aliphatic rings. The van der Waals surface area contributed by atoms with E-state index in [2.05, 4.69) is 28.2 Å². The maximum atomic E-state index is 12.4. The molecule has 0 unspecified atom stereocenters. The van der Waals surface area contributed by atoms with Gasteiger partial charge >= 0.3 is 0 Å².